The maximum atomic E-state index is 5.98. The molecule has 4 heteroatoms. The van der Waals surface area contributed by atoms with E-state index in [0.29, 0.717) is 0 Å². The highest BCUT2D eigenvalue weighted by Gasteiger charge is 2.32. The van der Waals surface area contributed by atoms with Gasteiger partial charge < -0.3 is 15.0 Å². The predicted molar refractivity (Wildman–Crippen MR) is 85.7 cm³/mol. The Labute approximate surface area is 127 Å². The molecule has 0 aromatic carbocycles. The van der Waals surface area contributed by atoms with Gasteiger partial charge in [0.05, 0.1) is 11.7 Å². The second-order valence-corrected chi connectivity index (χ2v) is 7.21. The van der Waals surface area contributed by atoms with E-state index in [-0.39, 0.29) is 11.7 Å². The first-order valence-corrected chi connectivity index (χ1v) is 8.05. The van der Waals surface area contributed by atoms with Gasteiger partial charge in [0.1, 0.15) is 5.82 Å². The van der Waals surface area contributed by atoms with Gasteiger partial charge in [0, 0.05) is 31.9 Å². The molecule has 4 nitrogen and oxygen atoms in total. The highest BCUT2D eigenvalue weighted by atomic mass is 16.5. The molecule has 1 aliphatic heterocycles. The van der Waals surface area contributed by atoms with Gasteiger partial charge >= 0.3 is 0 Å². The van der Waals surface area contributed by atoms with Gasteiger partial charge in [-0.05, 0) is 57.7 Å². The van der Waals surface area contributed by atoms with Gasteiger partial charge in [0.15, 0.2) is 0 Å². The number of hydrogen-bond donors (Lipinski definition) is 1. The Morgan fingerprint density at radius 1 is 1.43 bits per heavy atom. The summed E-state index contributed by atoms with van der Waals surface area (Å²) in [7, 11) is 0. The van der Waals surface area contributed by atoms with Gasteiger partial charge in [-0.3, -0.25) is 0 Å². The monoisotopic (exact) mass is 289 g/mol. The van der Waals surface area contributed by atoms with Crippen LogP contribution < -0.4 is 10.2 Å². The molecule has 0 radical (unpaired) electrons. The summed E-state index contributed by atoms with van der Waals surface area (Å²) >= 11 is 0. The summed E-state index contributed by atoms with van der Waals surface area (Å²) in [5.41, 5.74) is 2.43. The Bertz CT molecular complexity index is 511. The maximum absolute atomic E-state index is 5.98. The number of nitrogens with zero attached hydrogens (tertiary/aromatic N) is 2. The van der Waals surface area contributed by atoms with E-state index in [1.54, 1.807) is 0 Å². The number of anilines is 1. The molecule has 0 bridgehead atoms. The molecule has 1 atom stereocenters. The summed E-state index contributed by atoms with van der Waals surface area (Å²) < 4.78 is 5.98. The van der Waals surface area contributed by atoms with Crippen molar-refractivity contribution in [3.05, 3.63) is 23.4 Å². The summed E-state index contributed by atoms with van der Waals surface area (Å²) in [5.74, 6) is 1.10. The van der Waals surface area contributed by atoms with E-state index in [2.05, 4.69) is 44.0 Å². The van der Waals surface area contributed by atoms with Gasteiger partial charge in [0.2, 0.25) is 0 Å². The van der Waals surface area contributed by atoms with Crippen LogP contribution in [-0.2, 0) is 11.3 Å². The SMILES string of the molecule is Cc1cc(CNC2CC2)cnc1N1CC(C)OC(C)(C)C1. The van der Waals surface area contributed by atoms with Gasteiger partial charge in [-0.2, -0.15) is 0 Å². The number of nitrogens with one attached hydrogen (secondary N) is 1. The Balaban J connectivity index is 1.72. The van der Waals surface area contributed by atoms with Crippen LogP contribution in [0.4, 0.5) is 5.82 Å². The Kier molecular flexibility index (Phi) is 3.93. The van der Waals surface area contributed by atoms with Crippen LogP contribution in [-0.4, -0.2) is 35.8 Å². The number of aryl methyl sites for hydroxylation is 1. The van der Waals surface area contributed by atoms with Gasteiger partial charge in [-0.15, -0.1) is 0 Å². The van der Waals surface area contributed by atoms with Crippen molar-refractivity contribution < 1.29 is 4.74 Å². The Morgan fingerprint density at radius 3 is 2.81 bits per heavy atom. The van der Waals surface area contributed by atoms with E-state index in [9.17, 15) is 0 Å². The van der Waals surface area contributed by atoms with Crippen LogP contribution in [0.2, 0.25) is 0 Å². The second kappa shape index (κ2) is 5.58. The largest absolute Gasteiger partial charge is 0.369 e. The summed E-state index contributed by atoms with van der Waals surface area (Å²) in [6.07, 6.45) is 4.91. The molecule has 2 aliphatic rings. The molecular formula is C17H27N3O. The minimum atomic E-state index is -0.113. The fourth-order valence-corrected chi connectivity index (χ4v) is 3.22. The molecule has 3 rings (SSSR count). The van der Waals surface area contributed by atoms with E-state index in [1.807, 2.05) is 6.20 Å². The van der Waals surface area contributed by atoms with Crippen molar-refractivity contribution in [1.29, 1.82) is 0 Å². The van der Waals surface area contributed by atoms with E-state index in [1.165, 1.54) is 24.0 Å². The molecular weight excluding hydrogens is 262 g/mol. The lowest BCUT2D eigenvalue weighted by Crippen LogP contribution is -2.52. The molecule has 2 fully saturated rings. The zero-order chi connectivity index (χ0) is 15.0. The average molecular weight is 289 g/mol. The molecule has 1 aromatic rings. The van der Waals surface area contributed by atoms with Crippen LogP contribution in [0.15, 0.2) is 12.3 Å². The summed E-state index contributed by atoms with van der Waals surface area (Å²) in [6.45, 7) is 11.3. The van der Waals surface area contributed by atoms with Gasteiger partial charge in [-0.25, -0.2) is 4.98 Å². The van der Waals surface area contributed by atoms with Crippen molar-refractivity contribution in [1.82, 2.24) is 10.3 Å². The molecule has 1 unspecified atom stereocenters. The van der Waals surface area contributed by atoms with Crippen LogP contribution in [0.5, 0.6) is 0 Å². The number of rotatable bonds is 4. The third kappa shape index (κ3) is 3.74. The topological polar surface area (TPSA) is 37.4 Å². The molecule has 1 saturated heterocycles. The fraction of sp³-hybridized carbons (Fsp3) is 0.706. The first kappa shape index (κ1) is 14.8. The molecule has 116 valence electrons. The van der Waals surface area contributed by atoms with Crippen molar-refractivity contribution in [2.24, 2.45) is 0 Å². The smallest absolute Gasteiger partial charge is 0.131 e. The quantitative estimate of drug-likeness (QED) is 0.924. The molecule has 1 aliphatic carbocycles. The first-order chi connectivity index (χ1) is 9.93. The summed E-state index contributed by atoms with van der Waals surface area (Å²) in [6, 6.07) is 3.01. The Morgan fingerprint density at radius 2 is 2.19 bits per heavy atom. The minimum absolute atomic E-state index is 0.113. The van der Waals surface area contributed by atoms with Crippen molar-refractivity contribution in [3.63, 3.8) is 0 Å². The lowest BCUT2D eigenvalue weighted by atomic mass is 10.0. The lowest BCUT2D eigenvalue weighted by molar-refractivity contribution is -0.0751. The van der Waals surface area contributed by atoms with E-state index < -0.39 is 0 Å². The molecule has 1 N–H and O–H groups in total. The maximum Gasteiger partial charge on any atom is 0.131 e. The van der Waals surface area contributed by atoms with Gasteiger partial charge in [-0.1, -0.05) is 0 Å². The van der Waals surface area contributed by atoms with E-state index >= 15 is 0 Å². The fourth-order valence-electron chi connectivity index (χ4n) is 3.22. The molecule has 2 heterocycles. The average Bonchev–Trinajstić information content (AvgIpc) is 3.17. The summed E-state index contributed by atoms with van der Waals surface area (Å²) in [5, 5.41) is 3.55. The zero-order valence-corrected chi connectivity index (χ0v) is 13.6. The van der Waals surface area contributed by atoms with E-state index in [0.717, 1.165) is 31.5 Å². The molecule has 0 spiro atoms. The number of hydrogen-bond acceptors (Lipinski definition) is 4. The highest BCUT2D eigenvalue weighted by Crippen LogP contribution is 2.27. The third-order valence-electron chi connectivity index (χ3n) is 4.15. The first-order valence-electron chi connectivity index (χ1n) is 8.05. The lowest BCUT2D eigenvalue weighted by Gasteiger charge is -2.42. The van der Waals surface area contributed by atoms with Crippen molar-refractivity contribution >= 4 is 5.82 Å². The van der Waals surface area contributed by atoms with Gasteiger partial charge in [0.25, 0.3) is 0 Å². The van der Waals surface area contributed by atoms with Crippen molar-refractivity contribution in [2.45, 2.75) is 64.8 Å². The minimum Gasteiger partial charge on any atom is -0.369 e. The number of aromatic nitrogens is 1. The van der Waals surface area contributed by atoms with Crippen LogP contribution in [0, 0.1) is 6.92 Å². The van der Waals surface area contributed by atoms with Crippen LogP contribution in [0.3, 0.4) is 0 Å². The van der Waals surface area contributed by atoms with E-state index in [4.69, 9.17) is 9.72 Å². The molecule has 21 heavy (non-hydrogen) atoms. The standard InChI is InChI=1S/C17H27N3O/c1-12-7-14(8-18-15-5-6-15)9-19-16(12)20-10-13(2)21-17(3,4)11-20/h7,9,13,15,18H,5-6,8,10-11H2,1-4H3. The molecule has 0 amide bonds. The number of morpholine rings is 1. The predicted octanol–water partition coefficient (Wildman–Crippen LogP) is 2.65. The third-order valence-corrected chi connectivity index (χ3v) is 4.15. The van der Waals surface area contributed by atoms with Crippen LogP contribution in [0.1, 0.15) is 44.7 Å². The van der Waals surface area contributed by atoms with Crippen LogP contribution in [0.25, 0.3) is 0 Å². The molecule has 1 aromatic heterocycles. The number of pyridine rings is 1. The highest BCUT2D eigenvalue weighted by molar-refractivity contribution is 5.48. The molecule has 1 saturated carbocycles. The van der Waals surface area contributed by atoms with Crippen molar-refractivity contribution in [2.75, 3.05) is 18.0 Å². The second-order valence-electron chi connectivity index (χ2n) is 7.21. The zero-order valence-electron chi connectivity index (χ0n) is 13.6. The Hall–Kier alpha value is -1.13. The summed E-state index contributed by atoms with van der Waals surface area (Å²) in [4.78, 5) is 7.09. The van der Waals surface area contributed by atoms with Crippen LogP contribution >= 0.6 is 0 Å². The normalized spacial score (nSPS) is 25.1. The number of ether oxygens (including phenoxy) is 1. The van der Waals surface area contributed by atoms with Crippen molar-refractivity contribution in [3.8, 4) is 0 Å².